The zero-order valence-electron chi connectivity index (χ0n) is 16.3. The van der Waals surface area contributed by atoms with E-state index in [1.165, 1.54) is 0 Å². The molecule has 0 amide bonds. The summed E-state index contributed by atoms with van der Waals surface area (Å²) in [7, 11) is 0. The van der Waals surface area contributed by atoms with E-state index in [-0.39, 0.29) is 12.1 Å². The highest BCUT2D eigenvalue weighted by molar-refractivity contribution is 7.80. The molecule has 3 aromatic heterocycles. The van der Waals surface area contributed by atoms with Crippen molar-refractivity contribution in [3.8, 4) is 0 Å². The summed E-state index contributed by atoms with van der Waals surface area (Å²) in [5.74, 6) is 0. The van der Waals surface area contributed by atoms with E-state index in [2.05, 4.69) is 55.2 Å². The molecule has 1 N–H and O–H groups in total. The van der Waals surface area contributed by atoms with Gasteiger partial charge in [-0.25, -0.2) is 0 Å². The molecule has 5 nitrogen and oxygen atoms in total. The summed E-state index contributed by atoms with van der Waals surface area (Å²) in [6.45, 7) is 0.698. The van der Waals surface area contributed by atoms with E-state index in [1.807, 2.05) is 67.0 Å². The Hall–Kier alpha value is -3.51. The quantitative estimate of drug-likeness (QED) is 0.490. The van der Waals surface area contributed by atoms with Gasteiger partial charge >= 0.3 is 0 Å². The van der Waals surface area contributed by atoms with Crippen LogP contribution in [-0.2, 0) is 6.54 Å². The summed E-state index contributed by atoms with van der Waals surface area (Å²) in [6.07, 6.45) is 5.76. The SMILES string of the molecule is S=C1NC(c2ccccn2)C(c2cccn2Cc2ccccn2)N1c1ccccc1. The van der Waals surface area contributed by atoms with Crippen molar-refractivity contribution in [1.82, 2.24) is 19.9 Å². The number of rotatable bonds is 5. The molecular formula is C24H21N5S. The van der Waals surface area contributed by atoms with Crippen LogP contribution in [0.1, 0.15) is 29.2 Å². The van der Waals surface area contributed by atoms with Crippen LogP contribution in [0.4, 0.5) is 5.69 Å². The van der Waals surface area contributed by atoms with Gasteiger partial charge < -0.3 is 14.8 Å². The van der Waals surface area contributed by atoms with Crippen molar-refractivity contribution >= 4 is 23.0 Å². The van der Waals surface area contributed by atoms with Gasteiger partial charge in [-0.3, -0.25) is 9.97 Å². The lowest BCUT2D eigenvalue weighted by atomic mass is 10.0. The van der Waals surface area contributed by atoms with Crippen molar-refractivity contribution in [2.45, 2.75) is 18.6 Å². The molecule has 5 rings (SSSR count). The number of nitrogens with zero attached hydrogens (tertiary/aromatic N) is 4. The average molecular weight is 412 g/mol. The highest BCUT2D eigenvalue weighted by Crippen LogP contribution is 2.41. The minimum Gasteiger partial charge on any atom is -0.351 e. The lowest BCUT2D eigenvalue weighted by Gasteiger charge is -2.29. The van der Waals surface area contributed by atoms with Crippen LogP contribution in [0.25, 0.3) is 0 Å². The Bertz CT molecular complexity index is 1130. The fourth-order valence-corrected chi connectivity index (χ4v) is 4.37. The summed E-state index contributed by atoms with van der Waals surface area (Å²) < 4.78 is 2.24. The molecule has 0 bridgehead atoms. The zero-order chi connectivity index (χ0) is 20.3. The molecule has 6 heteroatoms. The lowest BCUT2D eigenvalue weighted by Crippen LogP contribution is -2.30. The molecule has 148 valence electrons. The molecule has 1 aliphatic rings. The van der Waals surface area contributed by atoms with Gasteiger partial charge in [0.15, 0.2) is 5.11 Å². The van der Waals surface area contributed by atoms with E-state index in [0.29, 0.717) is 11.7 Å². The first-order valence-electron chi connectivity index (χ1n) is 9.92. The molecule has 1 aromatic carbocycles. The maximum absolute atomic E-state index is 5.79. The van der Waals surface area contributed by atoms with Crippen molar-refractivity contribution in [3.63, 3.8) is 0 Å². The van der Waals surface area contributed by atoms with Gasteiger partial charge in [0.2, 0.25) is 0 Å². The number of aromatic nitrogens is 3. The maximum Gasteiger partial charge on any atom is 0.174 e. The fraction of sp³-hybridized carbons (Fsp3) is 0.125. The largest absolute Gasteiger partial charge is 0.351 e. The van der Waals surface area contributed by atoms with Gasteiger partial charge in [-0.2, -0.15) is 0 Å². The van der Waals surface area contributed by atoms with Crippen molar-refractivity contribution < 1.29 is 0 Å². The fourth-order valence-electron chi connectivity index (χ4n) is 4.03. The van der Waals surface area contributed by atoms with E-state index in [9.17, 15) is 0 Å². The molecule has 2 atom stereocenters. The molecule has 0 saturated carbocycles. The monoisotopic (exact) mass is 411 g/mol. The number of nitrogens with one attached hydrogen (secondary N) is 1. The molecule has 0 aliphatic carbocycles. The number of pyridine rings is 2. The smallest absolute Gasteiger partial charge is 0.174 e. The summed E-state index contributed by atoms with van der Waals surface area (Å²) in [4.78, 5) is 11.3. The van der Waals surface area contributed by atoms with Gasteiger partial charge in [0.25, 0.3) is 0 Å². The molecule has 2 unspecified atom stereocenters. The van der Waals surface area contributed by atoms with Gasteiger partial charge in [0.1, 0.15) is 6.04 Å². The van der Waals surface area contributed by atoms with Gasteiger partial charge in [0.05, 0.1) is 24.0 Å². The Morgan fingerprint density at radius 3 is 2.33 bits per heavy atom. The molecule has 1 fully saturated rings. The minimum absolute atomic E-state index is 0.0338. The lowest BCUT2D eigenvalue weighted by molar-refractivity contribution is 0.532. The predicted octanol–water partition coefficient (Wildman–Crippen LogP) is 4.50. The first-order valence-corrected chi connectivity index (χ1v) is 10.3. The van der Waals surface area contributed by atoms with Crippen LogP contribution in [0.2, 0.25) is 0 Å². The molecule has 4 aromatic rings. The summed E-state index contributed by atoms with van der Waals surface area (Å²) in [5.41, 5.74) is 4.20. The number of hydrogen-bond acceptors (Lipinski definition) is 3. The van der Waals surface area contributed by atoms with Crippen molar-refractivity contribution in [1.29, 1.82) is 0 Å². The number of hydrogen-bond donors (Lipinski definition) is 1. The molecular weight excluding hydrogens is 390 g/mol. The normalized spacial score (nSPS) is 18.4. The van der Waals surface area contributed by atoms with Crippen LogP contribution in [0, 0.1) is 0 Å². The van der Waals surface area contributed by atoms with Crippen LogP contribution in [-0.4, -0.2) is 19.6 Å². The molecule has 1 aliphatic heterocycles. The van der Waals surface area contributed by atoms with Crippen LogP contribution >= 0.6 is 12.2 Å². The summed E-state index contributed by atoms with van der Waals surface area (Å²) >= 11 is 5.79. The van der Waals surface area contributed by atoms with Gasteiger partial charge in [-0.15, -0.1) is 0 Å². The minimum atomic E-state index is -0.0590. The van der Waals surface area contributed by atoms with Crippen LogP contribution in [0.5, 0.6) is 0 Å². The highest BCUT2D eigenvalue weighted by Gasteiger charge is 2.41. The molecule has 30 heavy (non-hydrogen) atoms. The molecule has 4 heterocycles. The van der Waals surface area contributed by atoms with Crippen molar-refractivity contribution in [3.05, 3.63) is 115 Å². The van der Waals surface area contributed by atoms with Crippen molar-refractivity contribution in [2.75, 3.05) is 4.90 Å². The third kappa shape index (κ3) is 3.46. The van der Waals surface area contributed by atoms with Crippen LogP contribution < -0.4 is 10.2 Å². The summed E-state index contributed by atoms with van der Waals surface area (Å²) in [6, 6.07) is 26.4. The number of benzene rings is 1. The highest BCUT2D eigenvalue weighted by atomic mass is 32.1. The van der Waals surface area contributed by atoms with Gasteiger partial charge in [-0.1, -0.05) is 30.3 Å². The molecule has 1 saturated heterocycles. The predicted molar refractivity (Wildman–Crippen MR) is 122 cm³/mol. The Morgan fingerprint density at radius 1 is 0.833 bits per heavy atom. The van der Waals surface area contributed by atoms with E-state index >= 15 is 0 Å². The van der Waals surface area contributed by atoms with Crippen LogP contribution in [0.15, 0.2) is 97.5 Å². The average Bonchev–Trinajstić information content (AvgIpc) is 3.39. The Balaban J connectivity index is 1.60. The van der Waals surface area contributed by atoms with Gasteiger partial charge in [0, 0.05) is 30.0 Å². The second-order valence-corrected chi connectivity index (χ2v) is 7.60. The second kappa shape index (κ2) is 8.08. The first-order chi connectivity index (χ1) is 14.8. The van der Waals surface area contributed by atoms with E-state index < -0.39 is 0 Å². The van der Waals surface area contributed by atoms with E-state index in [0.717, 1.165) is 22.8 Å². The second-order valence-electron chi connectivity index (χ2n) is 7.21. The molecule has 0 spiro atoms. The third-order valence-corrected chi connectivity index (χ3v) is 5.67. The topological polar surface area (TPSA) is 46.0 Å². The van der Waals surface area contributed by atoms with E-state index in [1.54, 1.807) is 0 Å². The van der Waals surface area contributed by atoms with E-state index in [4.69, 9.17) is 12.2 Å². The first kappa shape index (κ1) is 18.5. The zero-order valence-corrected chi connectivity index (χ0v) is 17.1. The number of anilines is 1. The Kier molecular flexibility index (Phi) is 4.99. The van der Waals surface area contributed by atoms with Crippen LogP contribution in [0.3, 0.4) is 0 Å². The third-order valence-electron chi connectivity index (χ3n) is 5.36. The standard InChI is InChI=1S/C24H21N5S/c30-24-27-22(20-12-5-7-15-26-20)23(29(24)19-10-2-1-3-11-19)21-13-8-16-28(21)17-18-9-4-6-14-25-18/h1-16,22-23H,17H2,(H,27,30). The van der Waals surface area contributed by atoms with Crippen molar-refractivity contribution in [2.24, 2.45) is 0 Å². The summed E-state index contributed by atoms with van der Waals surface area (Å²) in [5, 5.41) is 4.22. The Labute approximate surface area is 181 Å². The number of para-hydroxylation sites is 1. The number of thiocarbonyl (C=S) groups is 1. The Morgan fingerprint density at radius 2 is 1.60 bits per heavy atom. The van der Waals surface area contributed by atoms with Gasteiger partial charge in [-0.05, 0) is 60.7 Å². The maximum atomic E-state index is 5.79. The molecule has 0 radical (unpaired) electrons.